The topological polar surface area (TPSA) is 3.24 Å². The molecule has 4 rings (SSSR count). The van der Waals surface area contributed by atoms with E-state index in [1.54, 1.807) is 6.42 Å². The van der Waals surface area contributed by atoms with Gasteiger partial charge in [-0.2, -0.15) is 0 Å². The van der Waals surface area contributed by atoms with Crippen LogP contribution in [-0.4, -0.2) is 24.0 Å². The van der Waals surface area contributed by atoms with Crippen molar-refractivity contribution in [2.24, 2.45) is 11.8 Å². The van der Waals surface area contributed by atoms with Gasteiger partial charge in [0.05, 0.1) is 0 Å². The molecule has 2 saturated heterocycles. The summed E-state index contributed by atoms with van der Waals surface area (Å²) in [5.41, 5.74) is 0. The smallest absolute Gasteiger partial charge is 0.0141 e. The van der Waals surface area contributed by atoms with Crippen LogP contribution in [-0.2, 0) is 0 Å². The normalized spacial score (nSPS) is 55.4. The van der Waals surface area contributed by atoms with Crippen molar-refractivity contribution in [3.05, 3.63) is 0 Å². The minimum atomic E-state index is 0.986. The Hall–Kier alpha value is -0.0400. The Kier molecular flexibility index (Phi) is 1.18. The van der Waals surface area contributed by atoms with E-state index in [2.05, 4.69) is 11.9 Å². The van der Waals surface area contributed by atoms with E-state index in [0.29, 0.717) is 0 Å². The highest BCUT2D eigenvalue weighted by Gasteiger charge is 2.50. The molecule has 0 aromatic heterocycles. The third-order valence-electron chi connectivity index (χ3n) is 4.40. The van der Waals surface area contributed by atoms with Gasteiger partial charge in [0.2, 0.25) is 0 Å². The van der Waals surface area contributed by atoms with Gasteiger partial charge in [0.1, 0.15) is 0 Å². The van der Waals surface area contributed by atoms with Gasteiger partial charge in [-0.3, -0.25) is 0 Å². The van der Waals surface area contributed by atoms with Crippen molar-refractivity contribution < 1.29 is 0 Å². The van der Waals surface area contributed by atoms with Gasteiger partial charge in [-0.15, -0.1) is 0 Å². The number of piperidine rings is 1. The van der Waals surface area contributed by atoms with Crippen LogP contribution in [0.1, 0.15) is 32.1 Å². The molecule has 0 spiro atoms. The van der Waals surface area contributed by atoms with E-state index in [-0.39, 0.29) is 0 Å². The zero-order valence-corrected chi connectivity index (χ0v) is 7.29. The average molecular weight is 151 g/mol. The van der Waals surface area contributed by atoms with Gasteiger partial charge < -0.3 is 4.90 Å². The molecule has 2 aliphatic heterocycles. The van der Waals surface area contributed by atoms with Crippen molar-refractivity contribution in [2.45, 2.75) is 44.2 Å². The molecule has 2 bridgehead atoms. The van der Waals surface area contributed by atoms with Crippen LogP contribution in [0.3, 0.4) is 0 Å². The van der Waals surface area contributed by atoms with Crippen LogP contribution in [0.25, 0.3) is 0 Å². The molecule has 2 heterocycles. The largest absolute Gasteiger partial charge is 0.300 e. The molecule has 1 nitrogen and oxygen atoms in total. The molecule has 4 unspecified atom stereocenters. The van der Waals surface area contributed by atoms with Gasteiger partial charge in [-0.25, -0.2) is 0 Å². The molecular weight excluding hydrogens is 134 g/mol. The third-order valence-corrected chi connectivity index (χ3v) is 4.40. The monoisotopic (exact) mass is 151 g/mol. The first kappa shape index (κ1) is 6.47. The molecule has 62 valence electrons. The van der Waals surface area contributed by atoms with Gasteiger partial charge in [-0.05, 0) is 38.1 Å². The molecule has 0 amide bonds. The lowest BCUT2D eigenvalue weighted by molar-refractivity contribution is -0.0661. The quantitative estimate of drug-likeness (QED) is 0.511. The van der Waals surface area contributed by atoms with E-state index in [9.17, 15) is 0 Å². The van der Waals surface area contributed by atoms with E-state index in [1.807, 2.05) is 0 Å². The second kappa shape index (κ2) is 2.01. The Morgan fingerprint density at radius 1 is 1.18 bits per heavy atom. The minimum Gasteiger partial charge on any atom is -0.300 e. The lowest BCUT2D eigenvalue weighted by atomic mass is 9.68. The van der Waals surface area contributed by atoms with Gasteiger partial charge in [-0.1, -0.05) is 12.8 Å². The van der Waals surface area contributed by atoms with Gasteiger partial charge >= 0.3 is 0 Å². The number of hydrogen-bond acceptors (Lipinski definition) is 1. The Labute approximate surface area is 68.8 Å². The van der Waals surface area contributed by atoms with E-state index in [0.717, 1.165) is 23.9 Å². The van der Waals surface area contributed by atoms with Crippen molar-refractivity contribution in [2.75, 3.05) is 7.05 Å². The van der Waals surface area contributed by atoms with Gasteiger partial charge in [0, 0.05) is 12.1 Å². The average Bonchev–Trinajstić information content (AvgIpc) is 2.49. The predicted molar refractivity (Wildman–Crippen MR) is 45.4 cm³/mol. The molecule has 0 aromatic rings. The maximum absolute atomic E-state index is 2.63. The summed E-state index contributed by atoms with van der Waals surface area (Å²) >= 11 is 0. The maximum Gasteiger partial charge on any atom is 0.0141 e. The maximum atomic E-state index is 2.63. The summed E-state index contributed by atoms with van der Waals surface area (Å²) in [5, 5.41) is 0. The van der Waals surface area contributed by atoms with Crippen LogP contribution >= 0.6 is 0 Å². The Morgan fingerprint density at radius 2 is 2.09 bits per heavy atom. The minimum absolute atomic E-state index is 0.986. The third kappa shape index (κ3) is 0.703. The summed E-state index contributed by atoms with van der Waals surface area (Å²) in [5.74, 6) is 2.24. The van der Waals surface area contributed by atoms with Gasteiger partial charge in [0.15, 0.2) is 0 Å². The standard InChI is InChI=1S/C10H17N/c1-11-8-5-7-3-2-4-9(7)10(11)6-8/h7-10H,2-6H2,1H3. The Balaban J connectivity index is 1.84. The second-order valence-electron chi connectivity index (χ2n) is 4.71. The molecular formula is C10H17N. The molecule has 2 aliphatic carbocycles. The van der Waals surface area contributed by atoms with Crippen molar-refractivity contribution >= 4 is 0 Å². The van der Waals surface area contributed by atoms with Crippen molar-refractivity contribution in [1.29, 1.82) is 0 Å². The van der Waals surface area contributed by atoms with Crippen molar-refractivity contribution in [3.8, 4) is 0 Å². The zero-order valence-electron chi connectivity index (χ0n) is 7.29. The predicted octanol–water partition coefficient (Wildman–Crippen LogP) is 1.88. The molecule has 1 heteroatoms. The summed E-state index contributed by atoms with van der Waals surface area (Å²) < 4.78 is 0. The van der Waals surface area contributed by atoms with Crippen LogP contribution in [0, 0.1) is 11.8 Å². The van der Waals surface area contributed by atoms with Crippen LogP contribution in [0.5, 0.6) is 0 Å². The van der Waals surface area contributed by atoms with E-state index < -0.39 is 0 Å². The summed E-state index contributed by atoms with van der Waals surface area (Å²) in [6.45, 7) is 0. The van der Waals surface area contributed by atoms with Gasteiger partial charge in [0.25, 0.3) is 0 Å². The lowest BCUT2D eigenvalue weighted by Crippen LogP contribution is -2.62. The highest BCUT2D eigenvalue weighted by Crippen LogP contribution is 2.51. The number of rotatable bonds is 0. The Bertz CT molecular complexity index is 178. The zero-order chi connectivity index (χ0) is 7.42. The van der Waals surface area contributed by atoms with Crippen LogP contribution < -0.4 is 0 Å². The lowest BCUT2D eigenvalue weighted by Gasteiger charge is -2.56. The van der Waals surface area contributed by atoms with E-state index in [4.69, 9.17) is 0 Å². The molecule has 4 aliphatic rings. The summed E-state index contributed by atoms with van der Waals surface area (Å²) in [6.07, 6.45) is 7.65. The number of hydrogen-bond donors (Lipinski definition) is 0. The summed E-state index contributed by atoms with van der Waals surface area (Å²) in [7, 11) is 2.33. The first-order valence-corrected chi connectivity index (χ1v) is 5.08. The first-order chi connectivity index (χ1) is 5.36. The SMILES string of the molecule is CN1C2CC3CCCC3C1C2. The highest BCUT2D eigenvalue weighted by atomic mass is 15.2. The highest BCUT2D eigenvalue weighted by molar-refractivity contribution is 5.04. The van der Waals surface area contributed by atoms with Crippen molar-refractivity contribution in [3.63, 3.8) is 0 Å². The summed E-state index contributed by atoms with van der Waals surface area (Å²) in [6, 6.07) is 1.99. The van der Waals surface area contributed by atoms with Crippen LogP contribution in [0.15, 0.2) is 0 Å². The second-order valence-corrected chi connectivity index (χ2v) is 4.71. The van der Waals surface area contributed by atoms with E-state index in [1.165, 1.54) is 25.7 Å². The fourth-order valence-electron chi connectivity index (χ4n) is 3.70. The summed E-state index contributed by atoms with van der Waals surface area (Å²) in [4.78, 5) is 2.63. The molecule has 2 saturated carbocycles. The van der Waals surface area contributed by atoms with Crippen LogP contribution in [0.2, 0.25) is 0 Å². The fourth-order valence-corrected chi connectivity index (χ4v) is 3.70. The first-order valence-electron chi connectivity index (χ1n) is 5.08. The molecule has 0 aromatic carbocycles. The Morgan fingerprint density at radius 3 is 2.91 bits per heavy atom. The molecule has 0 radical (unpaired) electrons. The molecule has 4 fully saturated rings. The van der Waals surface area contributed by atoms with Crippen molar-refractivity contribution in [1.82, 2.24) is 4.90 Å². The number of nitrogens with zero attached hydrogens (tertiary/aromatic N) is 1. The van der Waals surface area contributed by atoms with E-state index >= 15 is 0 Å². The fraction of sp³-hybridized carbons (Fsp3) is 1.00. The van der Waals surface area contributed by atoms with Crippen LogP contribution in [0.4, 0.5) is 0 Å². The molecule has 11 heavy (non-hydrogen) atoms. The molecule has 4 atom stereocenters. The molecule has 0 N–H and O–H groups in total.